The van der Waals surface area contributed by atoms with Crippen molar-refractivity contribution < 1.29 is 23.1 Å². The summed E-state index contributed by atoms with van der Waals surface area (Å²) < 4.78 is 36.6. The minimum Gasteiger partial charge on any atom is -0.382 e. The number of aliphatic hydroxyl groups is 1. The monoisotopic (exact) mass is 284 g/mol. The number of nitrogens with one attached hydrogen (secondary N) is 1. The summed E-state index contributed by atoms with van der Waals surface area (Å²) in [5.74, 6) is 0.109. The molecule has 0 saturated heterocycles. The first-order valence-electron chi connectivity index (χ1n) is 6.28. The van der Waals surface area contributed by atoms with Crippen molar-refractivity contribution in [2.24, 2.45) is 5.92 Å². The molecule has 0 aromatic rings. The third-order valence-electron chi connectivity index (χ3n) is 2.90. The van der Waals surface area contributed by atoms with E-state index in [1.165, 1.54) is 18.9 Å². The van der Waals surface area contributed by atoms with Crippen LogP contribution in [0.4, 0.5) is 13.2 Å². The summed E-state index contributed by atoms with van der Waals surface area (Å²) in [6.07, 6.45) is -6.29. The molecule has 114 valence electrons. The summed E-state index contributed by atoms with van der Waals surface area (Å²) in [5.41, 5.74) is 0. The second-order valence-electron chi connectivity index (χ2n) is 5.15. The Morgan fingerprint density at radius 3 is 2.26 bits per heavy atom. The molecule has 4 nitrogen and oxygen atoms in total. The number of carbonyl (C=O) groups excluding carboxylic acids is 1. The Bertz CT molecular complexity index is 283. The lowest BCUT2D eigenvalue weighted by Crippen LogP contribution is -2.48. The fraction of sp³-hybridized carbons (Fsp3) is 0.917. The molecular formula is C12H23F3N2O2. The van der Waals surface area contributed by atoms with E-state index >= 15 is 0 Å². The zero-order valence-electron chi connectivity index (χ0n) is 11.8. The number of carbonyl (C=O) groups is 1. The van der Waals surface area contributed by atoms with Crippen LogP contribution in [0.15, 0.2) is 0 Å². The van der Waals surface area contributed by atoms with Gasteiger partial charge in [-0.15, -0.1) is 0 Å². The maximum atomic E-state index is 12.2. The predicted molar refractivity (Wildman–Crippen MR) is 66.6 cm³/mol. The lowest BCUT2D eigenvalue weighted by atomic mass is 10.1. The molecule has 1 amide bonds. The van der Waals surface area contributed by atoms with Gasteiger partial charge in [0.25, 0.3) is 0 Å². The highest BCUT2D eigenvalue weighted by atomic mass is 19.4. The molecule has 0 aliphatic rings. The lowest BCUT2D eigenvalue weighted by Gasteiger charge is -2.27. The molecule has 0 aliphatic heterocycles. The van der Waals surface area contributed by atoms with E-state index < -0.39 is 24.9 Å². The smallest absolute Gasteiger partial charge is 0.382 e. The molecule has 19 heavy (non-hydrogen) atoms. The first-order chi connectivity index (χ1) is 8.55. The summed E-state index contributed by atoms with van der Waals surface area (Å²) in [6, 6.07) is -0.718. The van der Waals surface area contributed by atoms with E-state index in [4.69, 9.17) is 5.11 Å². The van der Waals surface area contributed by atoms with Crippen LogP contribution in [0.1, 0.15) is 27.2 Å². The number of amides is 1. The van der Waals surface area contributed by atoms with Gasteiger partial charge in [0, 0.05) is 13.1 Å². The molecule has 0 radical (unpaired) electrons. The van der Waals surface area contributed by atoms with Gasteiger partial charge in [0.15, 0.2) is 6.10 Å². The van der Waals surface area contributed by atoms with Gasteiger partial charge in [-0.2, -0.15) is 13.2 Å². The van der Waals surface area contributed by atoms with Crippen molar-refractivity contribution in [3.05, 3.63) is 0 Å². The summed E-state index contributed by atoms with van der Waals surface area (Å²) in [7, 11) is 1.38. The van der Waals surface area contributed by atoms with E-state index in [-0.39, 0.29) is 5.91 Å². The van der Waals surface area contributed by atoms with Crippen molar-refractivity contribution in [3.63, 3.8) is 0 Å². The van der Waals surface area contributed by atoms with Crippen LogP contribution >= 0.6 is 0 Å². The van der Waals surface area contributed by atoms with Gasteiger partial charge in [-0.25, -0.2) is 0 Å². The van der Waals surface area contributed by atoms with Gasteiger partial charge in [0.1, 0.15) is 0 Å². The number of aliphatic hydroxyl groups excluding tert-OH is 1. The average Bonchev–Trinajstić information content (AvgIpc) is 2.25. The molecule has 0 heterocycles. The third kappa shape index (κ3) is 7.37. The van der Waals surface area contributed by atoms with Crippen LogP contribution in [-0.4, -0.2) is 54.4 Å². The van der Waals surface area contributed by atoms with Crippen molar-refractivity contribution in [2.45, 2.75) is 45.5 Å². The molecule has 0 rings (SSSR count). The van der Waals surface area contributed by atoms with E-state index in [0.717, 1.165) is 6.42 Å². The van der Waals surface area contributed by atoms with Crippen molar-refractivity contribution in [1.29, 1.82) is 0 Å². The van der Waals surface area contributed by atoms with Gasteiger partial charge in [-0.1, -0.05) is 13.8 Å². The third-order valence-corrected chi connectivity index (χ3v) is 2.90. The van der Waals surface area contributed by atoms with E-state index in [0.29, 0.717) is 12.5 Å². The number of likely N-dealkylation sites (N-methyl/N-ethyl adjacent to an activating group) is 1. The molecule has 0 aromatic carbocycles. The van der Waals surface area contributed by atoms with Crippen LogP contribution in [-0.2, 0) is 4.79 Å². The topological polar surface area (TPSA) is 52.6 Å². The molecular weight excluding hydrogens is 261 g/mol. The van der Waals surface area contributed by atoms with Crippen LogP contribution in [0.25, 0.3) is 0 Å². The number of rotatable bonds is 7. The standard InChI is InChI=1S/C12H23F3N2O2/c1-8(2)5-6-16-11(19)9(3)17(4)7-10(18)12(13,14)15/h8-10,18H,5-7H2,1-4H3,(H,16,19). The molecule has 2 atom stereocenters. The SMILES string of the molecule is CC(C)CCNC(=O)C(C)N(C)CC(O)C(F)(F)F. The van der Waals surface area contributed by atoms with Crippen LogP contribution in [0.5, 0.6) is 0 Å². The van der Waals surface area contributed by atoms with E-state index in [1.54, 1.807) is 0 Å². The second kappa shape index (κ2) is 7.69. The summed E-state index contributed by atoms with van der Waals surface area (Å²) >= 11 is 0. The Morgan fingerprint density at radius 2 is 1.84 bits per heavy atom. The average molecular weight is 284 g/mol. The van der Waals surface area contributed by atoms with Gasteiger partial charge in [0.2, 0.25) is 5.91 Å². The summed E-state index contributed by atoms with van der Waals surface area (Å²) in [5, 5.41) is 11.6. The van der Waals surface area contributed by atoms with Crippen LogP contribution < -0.4 is 5.32 Å². The minimum atomic E-state index is -4.66. The lowest BCUT2D eigenvalue weighted by molar-refractivity contribution is -0.208. The largest absolute Gasteiger partial charge is 0.415 e. The Labute approximate surface area is 112 Å². The summed E-state index contributed by atoms with van der Waals surface area (Å²) in [4.78, 5) is 12.9. The second-order valence-corrected chi connectivity index (χ2v) is 5.15. The number of nitrogens with zero attached hydrogens (tertiary/aromatic N) is 1. The van der Waals surface area contributed by atoms with Crippen molar-refractivity contribution >= 4 is 5.91 Å². The fourth-order valence-electron chi connectivity index (χ4n) is 1.37. The number of hydrogen-bond acceptors (Lipinski definition) is 3. The zero-order valence-corrected chi connectivity index (χ0v) is 11.8. The first-order valence-corrected chi connectivity index (χ1v) is 6.28. The van der Waals surface area contributed by atoms with Gasteiger partial charge in [-0.05, 0) is 26.3 Å². The van der Waals surface area contributed by atoms with E-state index in [1.807, 2.05) is 13.8 Å². The Balaban J connectivity index is 4.17. The van der Waals surface area contributed by atoms with Crippen LogP contribution in [0.3, 0.4) is 0 Å². The normalized spacial score (nSPS) is 15.7. The fourth-order valence-corrected chi connectivity index (χ4v) is 1.37. The quantitative estimate of drug-likeness (QED) is 0.743. The molecule has 0 saturated carbocycles. The molecule has 0 fully saturated rings. The molecule has 2 N–H and O–H groups in total. The maximum absolute atomic E-state index is 12.2. The molecule has 0 bridgehead atoms. The Morgan fingerprint density at radius 1 is 1.32 bits per heavy atom. The highest BCUT2D eigenvalue weighted by Crippen LogP contribution is 2.20. The highest BCUT2D eigenvalue weighted by Gasteiger charge is 2.39. The molecule has 0 spiro atoms. The molecule has 0 aromatic heterocycles. The van der Waals surface area contributed by atoms with E-state index in [9.17, 15) is 18.0 Å². The predicted octanol–water partition coefficient (Wildman–Crippen LogP) is 1.39. The summed E-state index contributed by atoms with van der Waals surface area (Å²) in [6.45, 7) is 5.41. The number of alkyl halides is 3. The molecule has 2 unspecified atom stereocenters. The van der Waals surface area contributed by atoms with Gasteiger partial charge in [0.05, 0.1) is 6.04 Å². The van der Waals surface area contributed by atoms with Gasteiger partial charge in [-0.3, -0.25) is 9.69 Å². The first kappa shape index (κ1) is 18.2. The number of hydrogen-bond donors (Lipinski definition) is 2. The molecule has 7 heteroatoms. The number of halogens is 3. The van der Waals surface area contributed by atoms with Crippen LogP contribution in [0, 0.1) is 5.92 Å². The Kier molecular flexibility index (Phi) is 7.36. The van der Waals surface area contributed by atoms with Crippen molar-refractivity contribution in [1.82, 2.24) is 10.2 Å². The molecule has 0 aliphatic carbocycles. The van der Waals surface area contributed by atoms with Crippen LogP contribution in [0.2, 0.25) is 0 Å². The minimum absolute atomic E-state index is 0.336. The van der Waals surface area contributed by atoms with Crippen molar-refractivity contribution in [2.75, 3.05) is 20.1 Å². The zero-order chi connectivity index (χ0) is 15.2. The van der Waals surface area contributed by atoms with E-state index in [2.05, 4.69) is 5.32 Å². The van der Waals surface area contributed by atoms with Gasteiger partial charge < -0.3 is 10.4 Å². The maximum Gasteiger partial charge on any atom is 0.415 e. The highest BCUT2D eigenvalue weighted by molar-refractivity contribution is 5.81. The Hall–Kier alpha value is -0.820. The van der Waals surface area contributed by atoms with Crippen molar-refractivity contribution in [3.8, 4) is 0 Å². The van der Waals surface area contributed by atoms with Gasteiger partial charge >= 0.3 is 6.18 Å².